The number of alkyl halides is 3. The van der Waals surface area contributed by atoms with Crippen LogP contribution in [0.3, 0.4) is 0 Å². The first-order chi connectivity index (χ1) is 16.2. The number of anilines is 1. The fraction of sp³-hybridized carbons (Fsp3) is 0.375. The molecular weight excluding hydrogens is 473 g/mol. The number of piperazine rings is 1. The SMILES string of the molecule is O=C(NCCCCN1CCN(c2c(F)sc3cc(F)ccc23)CC1)c1ccc(C(F)(F)F)cc1.[HH]. The lowest BCUT2D eigenvalue weighted by atomic mass is 10.1. The lowest BCUT2D eigenvalue weighted by Gasteiger charge is -2.35. The predicted molar refractivity (Wildman–Crippen MR) is 126 cm³/mol. The quantitative estimate of drug-likeness (QED) is 0.331. The van der Waals surface area contributed by atoms with Crippen molar-refractivity contribution in [3.8, 4) is 0 Å². The van der Waals surface area contributed by atoms with Crippen LogP contribution in [0.15, 0.2) is 42.5 Å². The summed E-state index contributed by atoms with van der Waals surface area (Å²) in [5.41, 5.74) is -0.0429. The van der Waals surface area contributed by atoms with E-state index in [0.29, 0.717) is 30.0 Å². The van der Waals surface area contributed by atoms with Crippen LogP contribution in [0.25, 0.3) is 10.1 Å². The Labute approximate surface area is 199 Å². The van der Waals surface area contributed by atoms with Crippen molar-refractivity contribution in [1.29, 1.82) is 0 Å². The molecule has 184 valence electrons. The van der Waals surface area contributed by atoms with Gasteiger partial charge in [0.2, 0.25) is 5.13 Å². The standard InChI is InChI=1S/C24H24F5N3OS.H2/c25-18-7-8-19-20(15-18)34-22(26)21(19)32-13-11-31(12-14-32)10-2-1-9-30-23(33)16-3-5-17(6-4-16)24(27,28)29;/h3-8,15H,1-2,9-14H2,(H,30,33);1H. The Hall–Kier alpha value is -2.72. The molecule has 4 rings (SSSR count). The summed E-state index contributed by atoms with van der Waals surface area (Å²) >= 11 is 0.963. The maximum Gasteiger partial charge on any atom is 0.416 e. The Balaban J connectivity index is 0.00000342. The molecule has 0 aliphatic carbocycles. The Bertz CT molecular complexity index is 1140. The molecule has 1 aliphatic heterocycles. The van der Waals surface area contributed by atoms with Gasteiger partial charge < -0.3 is 10.2 Å². The summed E-state index contributed by atoms with van der Waals surface area (Å²) < 4.78 is 66.4. The molecule has 1 saturated heterocycles. The summed E-state index contributed by atoms with van der Waals surface area (Å²) in [4.78, 5) is 16.4. The molecule has 10 heteroatoms. The maximum absolute atomic E-state index is 14.5. The van der Waals surface area contributed by atoms with Gasteiger partial charge in [0, 0.05) is 49.8 Å². The highest BCUT2D eigenvalue weighted by molar-refractivity contribution is 7.18. The van der Waals surface area contributed by atoms with E-state index in [1.54, 1.807) is 6.07 Å². The topological polar surface area (TPSA) is 35.6 Å². The van der Waals surface area contributed by atoms with Crippen LogP contribution >= 0.6 is 11.3 Å². The molecule has 1 fully saturated rings. The zero-order chi connectivity index (χ0) is 24.3. The van der Waals surface area contributed by atoms with Crippen LogP contribution in [0.5, 0.6) is 0 Å². The molecule has 2 aromatic carbocycles. The predicted octanol–water partition coefficient (Wildman–Crippen LogP) is 5.78. The summed E-state index contributed by atoms with van der Waals surface area (Å²) in [5, 5.41) is 3.18. The van der Waals surface area contributed by atoms with Gasteiger partial charge in [-0.25, -0.2) is 4.39 Å². The summed E-state index contributed by atoms with van der Waals surface area (Å²) in [6.07, 6.45) is -2.84. The van der Waals surface area contributed by atoms with Crippen LogP contribution in [0.4, 0.5) is 27.6 Å². The Kier molecular flexibility index (Phi) is 7.37. The number of thiophene rings is 1. The lowest BCUT2D eigenvalue weighted by Crippen LogP contribution is -2.46. The van der Waals surface area contributed by atoms with E-state index in [1.807, 2.05) is 4.90 Å². The Morgan fingerprint density at radius 2 is 1.71 bits per heavy atom. The second-order valence-corrected chi connectivity index (χ2v) is 9.23. The van der Waals surface area contributed by atoms with Crippen LogP contribution in [-0.2, 0) is 6.18 Å². The van der Waals surface area contributed by atoms with E-state index in [1.165, 1.54) is 24.3 Å². The number of carbonyl (C=O) groups excluding carboxylic acids is 1. The fourth-order valence-corrected chi connectivity index (χ4v) is 5.07. The van der Waals surface area contributed by atoms with Gasteiger partial charge in [-0.1, -0.05) is 0 Å². The molecule has 0 unspecified atom stereocenters. The number of nitrogens with one attached hydrogen (secondary N) is 1. The van der Waals surface area contributed by atoms with Crippen LogP contribution < -0.4 is 10.2 Å². The number of hydrogen-bond donors (Lipinski definition) is 1. The molecule has 1 aliphatic rings. The van der Waals surface area contributed by atoms with Gasteiger partial charge in [0.05, 0.1) is 11.3 Å². The first-order valence-electron chi connectivity index (χ1n) is 11.0. The van der Waals surface area contributed by atoms with Gasteiger partial charge in [-0.15, -0.1) is 11.3 Å². The van der Waals surface area contributed by atoms with Crippen molar-refractivity contribution < 1.29 is 28.2 Å². The monoisotopic (exact) mass is 499 g/mol. The minimum absolute atomic E-state index is 0. The average Bonchev–Trinajstić information content (AvgIpc) is 3.13. The third-order valence-corrected chi connectivity index (χ3v) is 6.86. The summed E-state index contributed by atoms with van der Waals surface area (Å²) in [6, 6.07) is 8.49. The number of unbranched alkanes of at least 4 members (excludes halogenated alkanes) is 1. The maximum atomic E-state index is 14.5. The van der Waals surface area contributed by atoms with E-state index in [0.717, 1.165) is 61.3 Å². The molecule has 34 heavy (non-hydrogen) atoms. The van der Waals surface area contributed by atoms with Gasteiger partial charge in [0.25, 0.3) is 5.91 Å². The summed E-state index contributed by atoms with van der Waals surface area (Å²) in [7, 11) is 0. The largest absolute Gasteiger partial charge is 0.416 e. The molecular formula is C24H26F5N3OS. The van der Waals surface area contributed by atoms with E-state index in [4.69, 9.17) is 0 Å². The molecule has 0 radical (unpaired) electrons. The van der Waals surface area contributed by atoms with E-state index >= 15 is 0 Å². The summed E-state index contributed by atoms with van der Waals surface area (Å²) in [6.45, 7) is 4.16. The molecule has 4 nitrogen and oxygen atoms in total. The highest BCUT2D eigenvalue weighted by Crippen LogP contribution is 2.37. The fourth-order valence-electron chi connectivity index (χ4n) is 4.09. The third-order valence-electron chi connectivity index (χ3n) is 5.93. The number of hydrogen-bond acceptors (Lipinski definition) is 4. The zero-order valence-electron chi connectivity index (χ0n) is 18.3. The van der Waals surface area contributed by atoms with Gasteiger partial charge in [-0.3, -0.25) is 9.69 Å². The minimum Gasteiger partial charge on any atom is -0.365 e. The molecule has 1 aromatic heterocycles. The van der Waals surface area contributed by atoms with Crippen LogP contribution in [0.2, 0.25) is 0 Å². The molecule has 0 atom stereocenters. The highest BCUT2D eigenvalue weighted by atomic mass is 32.1. The molecule has 0 bridgehead atoms. The van der Waals surface area contributed by atoms with Crippen molar-refractivity contribution in [2.24, 2.45) is 0 Å². The normalized spacial score (nSPS) is 15.1. The van der Waals surface area contributed by atoms with Gasteiger partial charge in [0.1, 0.15) is 5.82 Å². The average molecular weight is 500 g/mol. The molecule has 1 amide bonds. The second kappa shape index (κ2) is 10.3. The highest BCUT2D eigenvalue weighted by Gasteiger charge is 2.30. The number of halogens is 5. The lowest BCUT2D eigenvalue weighted by molar-refractivity contribution is -0.137. The summed E-state index contributed by atoms with van der Waals surface area (Å²) in [5.74, 6) is -0.770. The third kappa shape index (κ3) is 5.67. The Morgan fingerprint density at radius 1 is 1.00 bits per heavy atom. The van der Waals surface area contributed by atoms with Gasteiger partial charge in [0.15, 0.2) is 0 Å². The van der Waals surface area contributed by atoms with Crippen LogP contribution in [0, 0.1) is 10.9 Å². The van der Waals surface area contributed by atoms with E-state index in [2.05, 4.69) is 10.2 Å². The molecule has 2 heterocycles. The smallest absolute Gasteiger partial charge is 0.365 e. The molecule has 0 saturated carbocycles. The van der Waals surface area contributed by atoms with E-state index in [-0.39, 0.29) is 17.9 Å². The Morgan fingerprint density at radius 3 is 2.38 bits per heavy atom. The van der Waals surface area contributed by atoms with Gasteiger partial charge in [-0.2, -0.15) is 17.6 Å². The second-order valence-electron chi connectivity index (χ2n) is 8.23. The van der Waals surface area contributed by atoms with Crippen molar-refractivity contribution in [2.75, 3.05) is 44.2 Å². The molecule has 1 N–H and O–H groups in total. The van der Waals surface area contributed by atoms with E-state index < -0.39 is 17.6 Å². The number of fused-ring (bicyclic) bond motifs is 1. The number of nitrogens with zero attached hydrogens (tertiary/aromatic N) is 2. The number of rotatable bonds is 7. The van der Waals surface area contributed by atoms with E-state index in [9.17, 15) is 26.7 Å². The number of carbonyl (C=O) groups is 1. The van der Waals surface area contributed by atoms with Crippen LogP contribution in [0.1, 0.15) is 30.2 Å². The van der Waals surface area contributed by atoms with Crippen LogP contribution in [-0.4, -0.2) is 50.1 Å². The minimum atomic E-state index is -4.43. The first-order valence-corrected chi connectivity index (χ1v) is 11.8. The number of benzene rings is 2. The van der Waals surface area contributed by atoms with Crippen molar-refractivity contribution in [2.45, 2.75) is 19.0 Å². The molecule has 0 spiro atoms. The van der Waals surface area contributed by atoms with Gasteiger partial charge >= 0.3 is 6.18 Å². The number of amides is 1. The van der Waals surface area contributed by atoms with Crippen molar-refractivity contribution in [3.63, 3.8) is 0 Å². The van der Waals surface area contributed by atoms with Crippen molar-refractivity contribution in [3.05, 3.63) is 64.5 Å². The molecule has 3 aromatic rings. The first kappa shape index (κ1) is 24.4. The van der Waals surface area contributed by atoms with Crippen molar-refractivity contribution >= 4 is 33.0 Å². The van der Waals surface area contributed by atoms with Crippen molar-refractivity contribution in [1.82, 2.24) is 10.2 Å². The van der Waals surface area contributed by atoms with Gasteiger partial charge in [-0.05, 0) is 61.9 Å². The zero-order valence-corrected chi connectivity index (χ0v) is 19.1.